The molecule has 9 heteroatoms. The number of hydrogen-bond acceptors (Lipinski definition) is 5. The lowest BCUT2D eigenvalue weighted by molar-refractivity contribution is 0.339. The molecular weight excluding hydrogens is 485 g/mol. The minimum atomic E-state index is 0. The van der Waals surface area contributed by atoms with Gasteiger partial charge in [0.05, 0.1) is 20.4 Å². The fourth-order valence-electron chi connectivity index (χ4n) is 3.67. The molecule has 160 valence electrons. The first-order valence-corrected chi connectivity index (χ1v) is 9.41. The quantitative estimate of drug-likeness (QED) is 0.350. The van der Waals surface area contributed by atoms with Crippen LogP contribution in [-0.2, 0) is 20.0 Å². The third-order valence-electron chi connectivity index (χ3n) is 5.07. The second-order valence-electron chi connectivity index (χ2n) is 7.08. The van der Waals surface area contributed by atoms with Crippen molar-refractivity contribution in [1.82, 2.24) is 20.0 Å². The Morgan fingerprint density at radius 1 is 1.28 bits per heavy atom. The molecule has 0 bridgehead atoms. The van der Waals surface area contributed by atoms with E-state index in [-0.39, 0.29) is 29.7 Å². The van der Waals surface area contributed by atoms with Gasteiger partial charge in [0, 0.05) is 39.9 Å². The third-order valence-corrected chi connectivity index (χ3v) is 5.07. The van der Waals surface area contributed by atoms with E-state index in [1.54, 1.807) is 19.2 Å². The van der Waals surface area contributed by atoms with Crippen LogP contribution in [0.25, 0.3) is 0 Å². The number of rotatable bonds is 6. The molecule has 29 heavy (non-hydrogen) atoms. The van der Waals surface area contributed by atoms with Crippen LogP contribution >= 0.6 is 24.0 Å². The second-order valence-corrected chi connectivity index (χ2v) is 7.08. The van der Waals surface area contributed by atoms with E-state index in [1.165, 1.54) is 19.8 Å². The van der Waals surface area contributed by atoms with Gasteiger partial charge in [-0.05, 0) is 42.0 Å². The Labute approximate surface area is 188 Å². The number of aromatic nitrogens is 2. The molecule has 2 aromatic rings. The summed E-state index contributed by atoms with van der Waals surface area (Å²) in [6.07, 6.45) is 6.20. The molecule has 1 aliphatic heterocycles. The van der Waals surface area contributed by atoms with Gasteiger partial charge in [0.2, 0.25) is 5.75 Å². The molecule has 8 nitrogen and oxygen atoms in total. The van der Waals surface area contributed by atoms with E-state index in [0.717, 1.165) is 37.5 Å². The highest BCUT2D eigenvalue weighted by Crippen LogP contribution is 2.37. The molecule has 1 aromatic heterocycles. The molecule has 3 rings (SSSR count). The Morgan fingerprint density at radius 3 is 2.52 bits per heavy atom. The minimum Gasteiger partial charge on any atom is -0.502 e. The second kappa shape index (κ2) is 10.6. The number of phenolic OH excluding ortho intramolecular Hbond substituents is 1. The van der Waals surface area contributed by atoms with Crippen LogP contribution in [0.15, 0.2) is 29.5 Å². The molecule has 0 amide bonds. The number of ether oxygens (including phenoxy) is 2. The smallest absolute Gasteiger partial charge is 0.200 e. The summed E-state index contributed by atoms with van der Waals surface area (Å²) in [6.45, 7) is 2.51. The van der Waals surface area contributed by atoms with Gasteiger partial charge < -0.3 is 24.8 Å². The minimum absolute atomic E-state index is 0. The molecule has 2 heterocycles. The van der Waals surface area contributed by atoms with Crippen molar-refractivity contribution in [3.8, 4) is 17.2 Å². The first-order valence-electron chi connectivity index (χ1n) is 9.41. The molecule has 1 fully saturated rings. The number of likely N-dealkylation sites (tertiary alicyclic amines) is 1. The van der Waals surface area contributed by atoms with Gasteiger partial charge in [-0.25, -0.2) is 0 Å². The fourth-order valence-corrected chi connectivity index (χ4v) is 3.67. The maximum absolute atomic E-state index is 10.1. The molecule has 0 saturated carbocycles. The lowest BCUT2D eigenvalue weighted by atomic mass is 10.0. The Morgan fingerprint density at radius 2 is 1.97 bits per heavy atom. The zero-order valence-electron chi connectivity index (χ0n) is 17.4. The van der Waals surface area contributed by atoms with Crippen molar-refractivity contribution in [3.05, 3.63) is 35.7 Å². The van der Waals surface area contributed by atoms with Crippen molar-refractivity contribution in [2.75, 3.05) is 34.4 Å². The number of methoxy groups -OCH3 is 2. The number of nitrogens with zero attached hydrogens (tertiary/aromatic N) is 4. The standard InChI is InChI=1S/C20H29N5O3.HI/c1-21-20(22-10-15-8-17(27-3)19(26)18(9-15)28-4)25-6-5-14(13-25)7-16-11-23-24(2)12-16;/h8-9,11-12,14,26H,5-7,10,13H2,1-4H3,(H,21,22);1H. The summed E-state index contributed by atoms with van der Waals surface area (Å²) < 4.78 is 12.3. The summed E-state index contributed by atoms with van der Waals surface area (Å²) in [6, 6.07) is 3.60. The lowest BCUT2D eigenvalue weighted by Gasteiger charge is -2.22. The van der Waals surface area contributed by atoms with Crippen LogP contribution in [-0.4, -0.2) is 60.1 Å². The average molecular weight is 515 g/mol. The average Bonchev–Trinajstić information content (AvgIpc) is 3.32. The highest BCUT2D eigenvalue weighted by Gasteiger charge is 2.25. The molecule has 0 aliphatic carbocycles. The predicted molar refractivity (Wildman–Crippen MR) is 123 cm³/mol. The number of aromatic hydroxyl groups is 1. The predicted octanol–water partition coefficient (Wildman–Crippen LogP) is 2.40. The Balaban J connectivity index is 0.00000300. The van der Waals surface area contributed by atoms with Crippen LogP contribution in [0.5, 0.6) is 17.2 Å². The van der Waals surface area contributed by atoms with E-state index >= 15 is 0 Å². The first kappa shape index (κ1) is 23.1. The van der Waals surface area contributed by atoms with Gasteiger partial charge >= 0.3 is 0 Å². The van der Waals surface area contributed by atoms with Crippen LogP contribution in [0.2, 0.25) is 0 Å². The first-order chi connectivity index (χ1) is 13.5. The monoisotopic (exact) mass is 515 g/mol. The van der Waals surface area contributed by atoms with Crippen LogP contribution < -0.4 is 14.8 Å². The largest absolute Gasteiger partial charge is 0.502 e. The van der Waals surface area contributed by atoms with E-state index < -0.39 is 0 Å². The molecule has 0 radical (unpaired) electrons. The fraction of sp³-hybridized carbons (Fsp3) is 0.500. The van der Waals surface area contributed by atoms with E-state index in [9.17, 15) is 5.11 Å². The SMILES string of the molecule is CN=C(NCc1cc(OC)c(O)c(OC)c1)N1CCC(Cc2cnn(C)c2)C1.I. The number of halogens is 1. The van der Waals surface area contributed by atoms with Gasteiger partial charge in [-0.15, -0.1) is 24.0 Å². The lowest BCUT2D eigenvalue weighted by Crippen LogP contribution is -2.39. The van der Waals surface area contributed by atoms with Gasteiger partial charge in [0.25, 0.3) is 0 Å². The summed E-state index contributed by atoms with van der Waals surface area (Å²) in [7, 11) is 6.80. The van der Waals surface area contributed by atoms with Crippen LogP contribution in [0.4, 0.5) is 0 Å². The van der Waals surface area contributed by atoms with Crippen LogP contribution in [0.1, 0.15) is 17.5 Å². The van der Waals surface area contributed by atoms with Crippen LogP contribution in [0.3, 0.4) is 0 Å². The summed E-state index contributed by atoms with van der Waals surface area (Å²) >= 11 is 0. The van der Waals surface area contributed by atoms with Gasteiger partial charge in [-0.1, -0.05) is 0 Å². The maximum Gasteiger partial charge on any atom is 0.200 e. The number of hydrogen-bond donors (Lipinski definition) is 2. The van der Waals surface area contributed by atoms with E-state index in [0.29, 0.717) is 24.0 Å². The van der Waals surface area contributed by atoms with E-state index in [2.05, 4.69) is 26.5 Å². The number of aliphatic imine (C=N–C) groups is 1. The van der Waals surface area contributed by atoms with Crippen molar-refractivity contribution in [2.24, 2.45) is 18.0 Å². The molecule has 1 atom stereocenters. The number of aryl methyl sites for hydroxylation is 1. The summed E-state index contributed by atoms with van der Waals surface area (Å²) in [5, 5.41) is 17.7. The van der Waals surface area contributed by atoms with Gasteiger partial charge in [-0.3, -0.25) is 9.67 Å². The Hall–Kier alpha value is -2.17. The number of phenols is 1. The number of benzene rings is 1. The molecule has 1 saturated heterocycles. The van der Waals surface area contributed by atoms with Crippen molar-refractivity contribution >= 4 is 29.9 Å². The molecule has 1 aromatic carbocycles. The number of guanidine groups is 1. The highest BCUT2D eigenvalue weighted by atomic mass is 127. The zero-order valence-corrected chi connectivity index (χ0v) is 19.7. The van der Waals surface area contributed by atoms with Gasteiger partial charge in [-0.2, -0.15) is 5.10 Å². The third kappa shape index (κ3) is 5.68. The van der Waals surface area contributed by atoms with Crippen molar-refractivity contribution in [2.45, 2.75) is 19.4 Å². The van der Waals surface area contributed by atoms with Crippen molar-refractivity contribution < 1.29 is 14.6 Å². The Bertz CT molecular complexity index is 814. The molecule has 0 spiro atoms. The van der Waals surface area contributed by atoms with Gasteiger partial charge in [0.15, 0.2) is 17.5 Å². The van der Waals surface area contributed by atoms with Crippen LogP contribution in [0, 0.1) is 5.92 Å². The van der Waals surface area contributed by atoms with Crippen molar-refractivity contribution in [1.29, 1.82) is 0 Å². The normalized spacial score (nSPS) is 16.5. The summed E-state index contributed by atoms with van der Waals surface area (Å²) in [4.78, 5) is 6.72. The molecule has 1 unspecified atom stereocenters. The molecular formula is C20H30IN5O3. The van der Waals surface area contributed by atoms with E-state index in [4.69, 9.17) is 9.47 Å². The maximum atomic E-state index is 10.1. The summed E-state index contributed by atoms with van der Waals surface area (Å²) in [5.41, 5.74) is 2.22. The number of nitrogens with one attached hydrogen (secondary N) is 1. The highest BCUT2D eigenvalue weighted by molar-refractivity contribution is 14.0. The molecule has 1 aliphatic rings. The van der Waals surface area contributed by atoms with E-state index in [1.807, 2.05) is 17.9 Å². The summed E-state index contributed by atoms with van der Waals surface area (Å²) in [5.74, 6) is 2.26. The Kier molecular flexibility index (Phi) is 8.42. The molecule has 2 N–H and O–H groups in total. The van der Waals surface area contributed by atoms with Crippen molar-refractivity contribution in [3.63, 3.8) is 0 Å². The zero-order chi connectivity index (χ0) is 20.1. The van der Waals surface area contributed by atoms with Gasteiger partial charge in [0.1, 0.15) is 0 Å². The topological polar surface area (TPSA) is 84.1 Å².